The molecule has 1 unspecified atom stereocenters. The summed E-state index contributed by atoms with van der Waals surface area (Å²) in [5, 5.41) is 3.31. The molecule has 0 radical (unpaired) electrons. The van der Waals surface area contributed by atoms with Crippen LogP contribution in [0.25, 0.3) is 0 Å². The number of benzene rings is 1. The Morgan fingerprint density at radius 3 is 2.50 bits per heavy atom. The lowest BCUT2D eigenvalue weighted by Crippen LogP contribution is -2.42. The molecule has 20 heavy (non-hydrogen) atoms. The van der Waals surface area contributed by atoms with E-state index in [1.807, 2.05) is 0 Å². The van der Waals surface area contributed by atoms with E-state index in [9.17, 15) is 4.79 Å². The van der Waals surface area contributed by atoms with Crippen molar-refractivity contribution in [3.63, 3.8) is 0 Å². The van der Waals surface area contributed by atoms with Gasteiger partial charge in [-0.1, -0.05) is 26.0 Å². The maximum absolute atomic E-state index is 11.4. The second kappa shape index (κ2) is 7.14. The van der Waals surface area contributed by atoms with E-state index in [1.165, 1.54) is 23.3 Å². The molecule has 3 N–H and O–H groups in total. The molecule has 1 aliphatic carbocycles. The van der Waals surface area contributed by atoms with Crippen LogP contribution < -0.4 is 11.1 Å². The smallest absolute Gasteiger partial charge is 0.234 e. The Morgan fingerprint density at radius 2 is 2.00 bits per heavy atom. The van der Waals surface area contributed by atoms with Gasteiger partial charge in [-0.15, -0.1) is 11.8 Å². The van der Waals surface area contributed by atoms with Crippen molar-refractivity contribution in [2.45, 2.75) is 56.0 Å². The molecular weight excluding hydrogens is 268 g/mol. The van der Waals surface area contributed by atoms with Crippen molar-refractivity contribution in [3.05, 3.63) is 29.8 Å². The molecule has 110 valence electrons. The van der Waals surface area contributed by atoms with Crippen LogP contribution in [0.1, 0.15) is 44.6 Å². The summed E-state index contributed by atoms with van der Waals surface area (Å²) in [6.07, 6.45) is 3.14. The van der Waals surface area contributed by atoms with E-state index < -0.39 is 0 Å². The van der Waals surface area contributed by atoms with Crippen LogP contribution in [0.15, 0.2) is 29.2 Å². The zero-order valence-electron chi connectivity index (χ0n) is 12.3. The topological polar surface area (TPSA) is 55.1 Å². The molecule has 0 aliphatic heterocycles. The van der Waals surface area contributed by atoms with Crippen LogP contribution in [0, 0.1) is 0 Å². The highest BCUT2D eigenvalue weighted by molar-refractivity contribution is 7.99. The summed E-state index contributed by atoms with van der Waals surface area (Å²) >= 11 is 1.79. The maximum Gasteiger partial charge on any atom is 0.234 e. The largest absolute Gasteiger partial charge is 0.368 e. The molecular formula is C16H24N2OS. The van der Waals surface area contributed by atoms with Gasteiger partial charge in [0, 0.05) is 10.9 Å². The van der Waals surface area contributed by atoms with Gasteiger partial charge in [0.2, 0.25) is 5.91 Å². The molecule has 1 saturated carbocycles. The third-order valence-electron chi connectivity index (χ3n) is 3.58. The van der Waals surface area contributed by atoms with Gasteiger partial charge >= 0.3 is 0 Å². The number of carbonyl (C=O) groups excluding carboxylic acids is 1. The van der Waals surface area contributed by atoms with Gasteiger partial charge in [-0.25, -0.2) is 0 Å². The van der Waals surface area contributed by atoms with E-state index in [0.717, 1.165) is 12.2 Å². The summed E-state index contributed by atoms with van der Waals surface area (Å²) < 4.78 is 0. The number of hydrogen-bond donors (Lipinski definition) is 2. The van der Waals surface area contributed by atoms with E-state index in [-0.39, 0.29) is 11.9 Å². The predicted molar refractivity (Wildman–Crippen MR) is 85.0 cm³/mol. The first-order valence-corrected chi connectivity index (χ1v) is 8.33. The molecule has 0 bridgehead atoms. The quantitative estimate of drug-likeness (QED) is 0.724. The predicted octanol–water partition coefficient (Wildman–Crippen LogP) is 2.90. The number of nitrogens with two attached hydrogens (primary N) is 1. The number of carbonyl (C=O) groups is 1. The highest BCUT2D eigenvalue weighted by Crippen LogP contribution is 2.24. The van der Waals surface area contributed by atoms with Crippen LogP contribution in [0.2, 0.25) is 0 Å². The zero-order chi connectivity index (χ0) is 14.5. The van der Waals surface area contributed by atoms with Crippen LogP contribution in [0.4, 0.5) is 0 Å². The molecule has 0 saturated heterocycles. The molecule has 1 atom stereocenters. The number of rotatable bonds is 8. The first kappa shape index (κ1) is 15.4. The van der Waals surface area contributed by atoms with E-state index >= 15 is 0 Å². The first-order chi connectivity index (χ1) is 9.56. The van der Waals surface area contributed by atoms with Crippen molar-refractivity contribution >= 4 is 17.7 Å². The number of hydrogen-bond acceptors (Lipinski definition) is 3. The van der Waals surface area contributed by atoms with E-state index in [0.29, 0.717) is 12.0 Å². The summed E-state index contributed by atoms with van der Waals surface area (Å²) in [4.78, 5) is 12.6. The Kier molecular flexibility index (Phi) is 5.49. The Labute approximate surface area is 125 Å². The SMILES string of the molecule is CC(C)c1ccc(SCCC(NC2CC2)C(N)=O)cc1. The average Bonchev–Trinajstić information content (AvgIpc) is 3.22. The molecule has 1 amide bonds. The average molecular weight is 292 g/mol. The number of primary amides is 1. The van der Waals surface area contributed by atoms with Crippen LogP contribution in [-0.4, -0.2) is 23.7 Å². The number of thioether (sulfide) groups is 1. The highest BCUT2D eigenvalue weighted by Gasteiger charge is 2.26. The third-order valence-corrected chi connectivity index (χ3v) is 4.63. The normalized spacial score (nSPS) is 16.4. The summed E-state index contributed by atoms with van der Waals surface area (Å²) in [5.41, 5.74) is 6.80. The van der Waals surface area contributed by atoms with E-state index in [4.69, 9.17) is 5.73 Å². The van der Waals surface area contributed by atoms with Crippen molar-refractivity contribution < 1.29 is 4.79 Å². The van der Waals surface area contributed by atoms with Crippen molar-refractivity contribution in [3.8, 4) is 0 Å². The van der Waals surface area contributed by atoms with Gasteiger partial charge in [0.25, 0.3) is 0 Å². The van der Waals surface area contributed by atoms with Gasteiger partial charge in [-0.05, 0) is 48.6 Å². The molecule has 0 aromatic heterocycles. The van der Waals surface area contributed by atoms with Gasteiger partial charge in [-0.3, -0.25) is 4.79 Å². The number of nitrogens with one attached hydrogen (secondary N) is 1. The van der Waals surface area contributed by atoms with Gasteiger partial charge in [0.15, 0.2) is 0 Å². The molecule has 0 spiro atoms. The molecule has 2 rings (SSSR count). The standard InChI is InChI=1S/C16H24N2OS/c1-11(2)12-3-7-14(8-4-12)20-10-9-15(16(17)19)18-13-5-6-13/h3-4,7-8,11,13,15,18H,5-6,9-10H2,1-2H3,(H2,17,19). The minimum Gasteiger partial charge on any atom is -0.368 e. The molecule has 1 aromatic carbocycles. The van der Waals surface area contributed by atoms with Crippen molar-refractivity contribution in [1.29, 1.82) is 0 Å². The molecule has 4 heteroatoms. The second-order valence-electron chi connectivity index (χ2n) is 5.76. The first-order valence-electron chi connectivity index (χ1n) is 7.34. The Hall–Kier alpha value is -1.00. The van der Waals surface area contributed by atoms with Gasteiger partial charge in [-0.2, -0.15) is 0 Å². The fourth-order valence-corrected chi connectivity index (χ4v) is 3.00. The van der Waals surface area contributed by atoms with Crippen LogP contribution >= 0.6 is 11.8 Å². The Morgan fingerprint density at radius 1 is 1.35 bits per heavy atom. The van der Waals surface area contributed by atoms with Crippen LogP contribution in [0.5, 0.6) is 0 Å². The summed E-state index contributed by atoms with van der Waals surface area (Å²) in [6, 6.07) is 9.02. The lowest BCUT2D eigenvalue weighted by atomic mass is 10.0. The van der Waals surface area contributed by atoms with Crippen molar-refractivity contribution in [2.75, 3.05) is 5.75 Å². The minimum atomic E-state index is -0.229. The molecule has 1 fully saturated rings. The third kappa shape index (κ3) is 4.84. The molecule has 1 aromatic rings. The summed E-state index contributed by atoms with van der Waals surface area (Å²) in [7, 11) is 0. The lowest BCUT2D eigenvalue weighted by molar-refractivity contribution is -0.120. The van der Waals surface area contributed by atoms with Crippen LogP contribution in [0.3, 0.4) is 0 Å². The van der Waals surface area contributed by atoms with Crippen LogP contribution in [-0.2, 0) is 4.79 Å². The van der Waals surface area contributed by atoms with Crippen molar-refractivity contribution in [1.82, 2.24) is 5.32 Å². The van der Waals surface area contributed by atoms with Crippen molar-refractivity contribution in [2.24, 2.45) is 5.73 Å². The Bertz CT molecular complexity index is 440. The zero-order valence-corrected chi connectivity index (χ0v) is 13.1. The molecule has 0 heterocycles. The lowest BCUT2D eigenvalue weighted by Gasteiger charge is -2.14. The van der Waals surface area contributed by atoms with E-state index in [1.54, 1.807) is 11.8 Å². The fraction of sp³-hybridized carbons (Fsp3) is 0.562. The number of amides is 1. The Balaban J connectivity index is 1.77. The molecule has 1 aliphatic rings. The van der Waals surface area contributed by atoms with Gasteiger partial charge in [0.05, 0.1) is 6.04 Å². The van der Waals surface area contributed by atoms with Gasteiger partial charge < -0.3 is 11.1 Å². The van der Waals surface area contributed by atoms with Gasteiger partial charge in [0.1, 0.15) is 0 Å². The molecule has 3 nitrogen and oxygen atoms in total. The highest BCUT2D eigenvalue weighted by atomic mass is 32.2. The fourth-order valence-electron chi connectivity index (χ4n) is 2.09. The monoisotopic (exact) mass is 292 g/mol. The summed E-state index contributed by atoms with van der Waals surface area (Å²) in [6.45, 7) is 4.40. The second-order valence-corrected chi connectivity index (χ2v) is 6.93. The minimum absolute atomic E-state index is 0.176. The summed E-state index contributed by atoms with van der Waals surface area (Å²) in [5.74, 6) is 1.25. The van der Waals surface area contributed by atoms with E-state index in [2.05, 4.69) is 43.4 Å². The maximum atomic E-state index is 11.4.